The van der Waals surface area contributed by atoms with Crippen LogP contribution in [-0.2, 0) is 6.42 Å². The van der Waals surface area contributed by atoms with Crippen LogP contribution in [0.5, 0.6) is 0 Å². The van der Waals surface area contributed by atoms with Crippen LogP contribution >= 0.6 is 0 Å². The van der Waals surface area contributed by atoms with Crippen molar-refractivity contribution in [3.05, 3.63) is 35.4 Å². The van der Waals surface area contributed by atoms with Gasteiger partial charge < -0.3 is 5.11 Å². The molecule has 15 heavy (non-hydrogen) atoms. The van der Waals surface area contributed by atoms with Gasteiger partial charge >= 0.3 is 0 Å². The first-order chi connectivity index (χ1) is 7.09. The van der Waals surface area contributed by atoms with E-state index in [9.17, 15) is 0 Å². The first-order valence-corrected chi connectivity index (χ1v) is 5.86. The van der Waals surface area contributed by atoms with Crippen molar-refractivity contribution >= 4 is 0 Å². The molecule has 0 saturated carbocycles. The highest BCUT2D eigenvalue weighted by atomic mass is 16.3. The summed E-state index contributed by atoms with van der Waals surface area (Å²) in [5.41, 5.74) is 2.77. The molecule has 1 atom stereocenters. The number of aliphatic hydroxyl groups excluding tert-OH is 1. The van der Waals surface area contributed by atoms with E-state index < -0.39 is 0 Å². The van der Waals surface area contributed by atoms with Crippen molar-refractivity contribution in [3.63, 3.8) is 0 Å². The van der Waals surface area contributed by atoms with Crippen LogP contribution in [-0.4, -0.2) is 11.2 Å². The molecular weight excluding hydrogens is 184 g/mol. The molecule has 0 bridgehead atoms. The molecule has 1 rings (SSSR count). The topological polar surface area (TPSA) is 20.2 Å². The van der Waals surface area contributed by atoms with Gasteiger partial charge in [-0.15, -0.1) is 0 Å². The number of aliphatic hydroxyl groups is 1. The van der Waals surface area contributed by atoms with Crippen LogP contribution in [0.25, 0.3) is 0 Å². The average molecular weight is 206 g/mol. The summed E-state index contributed by atoms with van der Waals surface area (Å²) in [4.78, 5) is 0. The van der Waals surface area contributed by atoms with E-state index in [0.29, 0.717) is 5.92 Å². The molecule has 0 radical (unpaired) electrons. The molecule has 1 aromatic carbocycles. The fourth-order valence-corrected chi connectivity index (χ4v) is 1.67. The van der Waals surface area contributed by atoms with Crippen molar-refractivity contribution in [1.82, 2.24) is 0 Å². The van der Waals surface area contributed by atoms with Crippen LogP contribution in [0.3, 0.4) is 0 Å². The van der Waals surface area contributed by atoms with Crippen molar-refractivity contribution < 1.29 is 5.11 Å². The normalized spacial score (nSPS) is 13.1. The molecule has 1 N–H and O–H groups in total. The molecule has 0 spiro atoms. The zero-order valence-corrected chi connectivity index (χ0v) is 10.0. The number of hydrogen-bond donors (Lipinski definition) is 1. The molecule has 0 amide bonds. The number of rotatable bonds is 5. The minimum Gasteiger partial charge on any atom is -0.393 e. The lowest BCUT2D eigenvalue weighted by atomic mass is 9.99. The smallest absolute Gasteiger partial charge is 0.0512 e. The Bertz CT molecular complexity index is 272. The summed E-state index contributed by atoms with van der Waals surface area (Å²) in [6.07, 6.45) is 2.87. The van der Waals surface area contributed by atoms with Gasteiger partial charge in [0.2, 0.25) is 0 Å². The van der Waals surface area contributed by atoms with Gasteiger partial charge in [-0.05, 0) is 43.2 Å². The highest BCUT2D eigenvalue weighted by Crippen LogP contribution is 2.15. The Hall–Kier alpha value is -0.820. The summed E-state index contributed by atoms with van der Waals surface area (Å²) in [5.74, 6) is 0.608. The number of benzene rings is 1. The summed E-state index contributed by atoms with van der Waals surface area (Å²) < 4.78 is 0. The molecule has 0 aliphatic rings. The monoisotopic (exact) mass is 206 g/mol. The van der Waals surface area contributed by atoms with Crippen molar-refractivity contribution in [2.45, 2.75) is 52.1 Å². The van der Waals surface area contributed by atoms with Gasteiger partial charge in [-0.2, -0.15) is 0 Å². The van der Waals surface area contributed by atoms with E-state index in [4.69, 9.17) is 5.11 Å². The lowest BCUT2D eigenvalue weighted by molar-refractivity contribution is 0.182. The maximum atomic E-state index is 9.15. The van der Waals surface area contributed by atoms with Crippen LogP contribution in [0.4, 0.5) is 0 Å². The Morgan fingerprint density at radius 1 is 1.07 bits per heavy atom. The SMILES string of the molecule is CC(O)CCCc1ccc(C(C)C)cc1. The molecule has 0 aliphatic carbocycles. The summed E-state index contributed by atoms with van der Waals surface area (Å²) in [6.45, 7) is 6.27. The third-order valence-electron chi connectivity index (χ3n) is 2.73. The van der Waals surface area contributed by atoms with Gasteiger partial charge in [-0.1, -0.05) is 38.1 Å². The largest absolute Gasteiger partial charge is 0.393 e. The summed E-state index contributed by atoms with van der Waals surface area (Å²) in [7, 11) is 0. The molecular formula is C14H22O. The molecule has 0 heterocycles. The third kappa shape index (κ3) is 4.48. The fourth-order valence-electron chi connectivity index (χ4n) is 1.67. The zero-order valence-electron chi connectivity index (χ0n) is 10.0. The molecule has 0 aromatic heterocycles. The zero-order chi connectivity index (χ0) is 11.3. The second-order valence-electron chi connectivity index (χ2n) is 4.64. The Kier molecular flexibility index (Phi) is 4.83. The second-order valence-corrected chi connectivity index (χ2v) is 4.64. The van der Waals surface area contributed by atoms with Crippen molar-refractivity contribution in [3.8, 4) is 0 Å². The Labute approximate surface area is 93.1 Å². The maximum Gasteiger partial charge on any atom is 0.0512 e. The second kappa shape index (κ2) is 5.92. The van der Waals surface area contributed by atoms with Gasteiger partial charge in [-0.25, -0.2) is 0 Å². The third-order valence-corrected chi connectivity index (χ3v) is 2.73. The minimum atomic E-state index is -0.167. The molecule has 1 heteroatoms. The van der Waals surface area contributed by atoms with Crippen LogP contribution in [0.2, 0.25) is 0 Å². The molecule has 0 fully saturated rings. The minimum absolute atomic E-state index is 0.167. The predicted octanol–water partition coefficient (Wildman–Crippen LogP) is 3.51. The lowest BCUT2D eigenvalue weighted by Gasteiger charge is -2.07. The number of hydrogen-bond acceptors (Lipinski definition) is 1. The van der Waals surface area contributed by atoms with Gasteiger partial charge in [0.1, 0.15) is 0 Å². The molecule has 0 saturated heterocycles. The summed E-state index contributed by atoms with van der Waals surface area (Å²) in [6, 6.07) is 8.83. The van der Waals surface area contributed by atoms with Crippen LogP contribution in [0, 0.1) is 0 Å². The van der Waals surface area contributed by atoms with Crippen molar-refractivity contribution in [2.24, 2.45) is 0 Å². The van der Waals surface area contributed by atoms with E-state index in [1.807, 2.05) is 6.92 Å². The Morgan fingerprint density at radius 3 is 2.13 bits per heavy atom. The molecule has 1 aromatic rings. The van der Waals surface area contributed by atoms with Crippen molar-refractivity contribution in [1.29, 1.82) is 0 Å². The Balaban J connectivity index is 2.43. The lowest BCUT2D eigenvalue weighted by Crippen LogP contribution is -1.99. The highest BCUT2D eigenvalue weighted by Gasteiger charge is 2.00. The van der Waals surface area contributed by atoms with Gasteiger partial charge in [0.05, 0.1) is 6.10 Å². The van der Waals surface area contributed by atoms with Crippen LogP contribution in [0.15, 0.2) is 24.3 Å². The first-order valence-electron chi connectivity index (χ1n) is 5.86. The van der Waals surface area contributed by atoms with E-state index in [0.717, 1.165) is 19.3 Å². The van der Waals surface area contributed by atoms with Crippen LogP contribution in [0.1, 0.15) is 50.7 Å². The Morgan fingerprint density at radius 2 is 1.67 bits per heavy atom. The highest BCUT2D eigenvalue weighted by molar-refractivity contribution is 5.24. The maximum absolute atomic E-state index is 9.15. The average Bonchev–Trinajstić information content (AvgIpc) is 2.18. The molecule has 1 nitrogen and oxygen atoms in total. The predicted molar refractivity (Wildman–Crippen MR) is 65.1 cm³/mol. The van der Waals surface area contributed by atoms with E-state index in [1.54, 1.807) is 0 Å². The molecule has 84 valence electrons. The van der Waals surface area contributed by atoms with Gasteiger partial charge in [0, 0.05) is 0 Å². The van der Waals surface area contributed by atoms with Gasteiger partial charge in [0.15, 0.2) is 0 Å². The van der Waals surface area contributed by atoms with Crippen molar-refractivity contribution in [2.75, 3.05) is 0 Å². The summed E-state index contributed by atoms with van der Waals surface area (Å²) in [5, 5.41) is 9.15. The fraction of sp³-hybridized carbons (Fsp3) is 0.571. The van der Waals surface area contributed by atoms with E-state index >= 15 is 0 Å². The van der Waals surface area contributed by atoms with Crippen LogP contribution < -0.4 is 0 Å². The summed E-state index contributed by atoms with van der Waals surface area (Å²) >= 11 is 0. The number of aryl methyl sites for hydroxylation is 1. The van der Waals surface area contributed by atoms with E-state index in [1.165, 1.54) is 11.1 Å². The first kappa shape index (κ1) is 12.3. The van der Waals surface area contributed by atoms with E-state index in [-0.39, 0.29) is 6.10 Å². The quantitative estimate of drug-likeness (QED) is 0.781. The molecule has 1 unspecified atom stereocenters. The molecule has 0 aliphatic heterocycles. The van der Waals surface area contributed by atoms with Gasteiger partial charge in [-0.3, -0.25) is 0 Å². The van der Waals surface area contributed by atoms with E-state index in [2.05, 4.69) is 38.1 Å². The standard InChI is InChI=1S/C14H22O/c1-11(2)14-9-7-13(8-10-14)6-4-5-12(3)15/h7-12,15H,4-6H2,1-3H3. The van der Waals surface area contributed by atoms with Gasteiger partial charge in [0.25, 0.3) is 0 Å².